The second-order valence-electron chi connectivity index (χ2n) is 7.62. The maximum absolute atomic E-state index is 12.8. The third-order valence-electron chi connectivity index (χ3n) is 5.63. The van der Waals surface area contributed by atoms with E-state index >= 15 is 0 Å². The number of hydrogen-bond acceptors (Lipinski definition) is 4. The maximum atomic E-state index is 12.8. The molecule has 1 atom stereocenters. The molecule has 0 aromatic heterocycles. The number of carbonyl (C=O) groups excluding carboxylic acids is 3. The molecule has 2 aliphatic rings. The molecule has 3 rings (SSSR count). The van der Waals surface area contributed by atoms with E-state index in [1.807, 2.05) is 0 Å². The lowest BCUT2D eigenvalue weighted by Crippen LogP contribution is -2.49. The number of rotatable bonds is 6. The zero-order chi connectivity index (χ0) is 19.9. The van der Waals surface area contributed by atoms with E-state index in [9.17, 15) is 19.5 Å². The number of aromatic hydroxyl groups is 1. The van der Waals surface area contributed by atoms with Gasteiger partial charge >= 0.3 is 0 Å². The van der Waals surface area contributed by atoms with Gasteiger partial charge in [-0.3, -0.25) is 14.4 Å². The number of nitrogens with zero attached hydrogens (tertiary/aromatic N) is 1. The Bertz CT molecular complexity index is 698. The van der Waals surface area contributed by atoms with E-state index < -0.39 is 0 Å². The number of benzene rings is 1. The molecule has 1 heterocycles. The van der Waals surface area contributed by atoms with Gasteiger partial charge in [-0.1, -0.05) is 19.3 Å². The van der Waals surface area contributed by atoms with Crippen LogP contribution in [-0.4, -0.2) is 53.4 Å². The second-order valence-corrected chi connectivity index (χ2v) is 7.62. The summed E-state index contributed by atoms with van der Waals surface area (Å²) < 4.78 is 0. The van der Waals surface area contributed by atoms with E-state index in [1.54, 1.807) is 4.90 Å². The molecule has 2 fully saturated rings. The number of carbonyl (C=O) groups is 3. The first-order chi connectivity index (χ1) is 13.6. The average Bonchev–Trinajstić information content (AvgIpc) is 3.21. The summed E-state index contributed by atoms with van der Waals surface area (Å²) in [5, 5.41) is 14.8. The molecular weight excluding hydrogens is 358 g/mol. The van der Waals surface area contributed by atoms with E-state index in [0.29, 0.717) is 31.6 Å². The minimum atomic E-state index is -0.387. The topological polar surface area (TPSA) is 98.7 Å². The molecule has 1 aliphatic heterocycles. The minimum Gasteiger partial charge on any atom is -0.508 e. The van der Waals surface area contributed by atoms with Crippen LogP contribution in [0.25, 0.3) is 0 Å². The number of phenols is 1. The Hall–Kier alpha value is -2.57. The standard InChI is InChI=1S/C21H29N3O4/c25-17-10-8-15(9-11-17)19(26)22-12-13-23-20(27)18-7-4-14-24(18)21(28)16-5-2-1-3-6-16/h8-11,16,18,25H,1-7,12-14H2,(H,22,26)(H,23,27). The average molecular weight is 387 g/mol. The van der Waals surface area contributed by atoms with E-state index in [4.69, 9.17) is 0 Å². The summed E-state index contributed by atoms with van der Waals surface area (Å²) in [6.07, 6.45) is 6.82. The predicted octanol–water partition coefficient (Wildman–Crippen LogP) is 1.81. The summed E-state index contributed by atoms with van der Waals surface area (Å²) in [7, 11) is 0. The lowest BCUT2D eigenvalue weighted by molar-refractivity contribution is -0.142. The molecular formula is C21H29N3O4. The van der Waals surface area contributed by atoms with Gasteiger partial charge in [0, 0.05) is 31.1 Å². The maximum Gasteiger partial charge on any atom is 0.251 e. The van der Waals surface area contributed by atoms with Gasteiger partial charge in [0.25, 0.3) is 5.91 Å². The highest BCUT2D eigenvalue weighted by atomic mass is 16.3. The van der Waals surface area contributed by atoms with Crippen molar-refractivity contribution in [1.82, 2.24) is 15.5 Å². The molecule has 28 heavy (non-hydrogen) atoms. The van der Waals surface area contributed by atoms with Crippen molar-refractivity contribution in [3.05, 3.63) is 29.8 Å². The molecule has 1 unspecified atom stereocenters. The molecule has 0 bridgehead atoms. The van der Waals surface area contributed by atoms with Crippen molar-refractivity contribution in [3.8, 4) is 5.75 Å². The summed E-state index contributed by atoms with van der Waals surface area (Å²) >= 11 is 0. The highest BCUT2D eigenvalue weighted by Gasteiger charge is 2.37. The Morgan fingerprint density at radius 1 is 0.929 bits per heavy atom. The van der Waals surface area contributed by atoms with Gasteiger partial charge in [-0.05, 0) is 49.9 Å². The molecule has 1 saturated heterocycles. The van der Waals surface area contributed by atoms with Crippen molar-refractivity contribution >= 4 is 17.7 Å². The van der Waals surface area contributed by atoms with Gasteiger partial charge < -0.3 is 20.6 Å². The minimum absolute atomic E-state index is 0.0757. The van der Waals surface area contributed by atoms with Crippen molar-refractivity contribution in [3.63, 3.8) is 0 Å². The van der Waals surface area contributed by atoms with Crippen LogP contribution in [0.4, 0.5) is 0 Å². The summed E-state index contributed by atoms with van der Waals surface area (Å²) in [5.41, 5.74) is 0.448. The fourth-order valence-electron chi connectivity index (χ4n) is 4.08. The van der Waals surface area contributed by atoms with Gasteiger partial charge in [0.2, 0.25) is 11.8 Å². The van der Waals surface area contributed by atoms with Gasteiger partial charge in [0.1, 0.15) is 11.8 Å². The summed E-state index contributed by atoms with van der Waals surface area (Å²) in [4.78, 5) is 39.1. The first kappa shape index (κ1) is 20.2. The molecule has 0 radical (unpaired) electrons. The molecule has 7 nitrogen and oxygen atoms in total. The molecule has 1 aromatic carbocycles. The van der Waals surface area contributed by atoms with E-state index in [-0.39, 0.29) is 35.4 Å². The highest BCUT2D eigenvalue weighted by molar-refractivity contribution is 5.94. The molecule has 3 N–H and O–H groups in total. The Morgan fingerprint density at radius 2 is 1.61 bits per heavy atom. The Balaban J connectivity index is 1.42. The Labute approximate surface area is 165 Å². The molecule has 1 aliphatic carbocycles. The Morgan fingerprint density at radius 3 is 2.32 bits per heavy atom. The third-order valence-corrected chi connectivity index (χ3v) is 5.63. The zero-order valence-corrected chi connectivity index (χ0v) is 16.2. The normalized spacial score (nSPS) is 20.0. The van der Waals surface area contributed by atoms with Crippen molar-refractivity contribution in [2.45, 2.75) is 51.0 Å². The number of likely N-dealkylation sites (tertiary alicyclic amines) is 1. The van der Waals surface area contributed by atoms with Crippen LogP contribution >= 0.6 is 0 Å². The van der Waals surface area contributed by atoms with E-state index in [1.165, 1.54) is 30.7 Å². The molecule has 1 saturated carbocycles. The van der Waals surface area contributed by atoms with E-state index in [2.05, 4.69) is 10.6 Å². The predicted molar refractivity (Wildman–Crippen MR) is 105 cm³/mol. The smallest absolute Gasteiger partial charge is 0.251 e. The SMILES string of the molecule is O=C(NCCNC(=O)C1CCCN1C(=O)C1CCCCC1)c1ccc(O)cc1. The number of phenolic OH excluding ortho intramolecular Hbond substituents is 1. The van der Waals surface area contributed by atoms with Gasteiger partial charge in [-0.15, -0.1) is 0 Å². The van der Waals surface area contributed by atoms with Crippen LogP contribution in [0.2, 0.25) is 0 Å². The lowest BCUT2D eigenvalue weighted by Gasteiger charge is -2.30. The van der Waals surface area contributed by atoms with Gasteiger partial charge in [0.15, 0.2) is 0 Å². The quantitative estimate of drug-likeness (QED) is 0.648. The van der Waals surface area contributed by atoms with Crippen LogP contribution in [0, 0.1) is 5.92 Å². The van der Waals surface area contributed by atoms with Gasteiger partial charge in [0.05, 0.1) is 0 Å². The van der Waals surface area contributed by atoms with Gasteiger partial charge in [-0.25, -0.2) is 0 Å². The fraction of sp³-hybridized carbons (Fsp3) is 0.571. The third kappa shape index (κ3) is 5.03. The van der Waals surface area contributed by atoms with Crippen LogP contribution in [0.1, 0.15) is 55.3 Å². The van der Waals surface area contributed by atoms with E-state index in [0.717, 1.165) is 32.1 Å². The second kappa shape index (κ2) is 9.57. The Kier molecular flexibility index (Phi) is 6.90. The van der Waals surface area contributed by atoms with Crippen molar-refractivity contribution < 1.29 is 19.5 Å². The number of amides is 3. The number of nitrogens with one attached hydrogen (secondary N) is 2. The lowest BCUT2D eigenvalue weighted by atomic mass is 9.88. The highest BCUT2D eigenvalue weighted by Crippen LogP contribution is 2.28. The van der Waals surface area contributed by atoms with Crippen LogP contribution in [-0.2, 0) is 9.59 Å². The van der Waals surface area contributed by atoms with Crippen molar-refractivity contribution in [2.75, 3.05) is 19.6 Å². The van der Waals surface area contributed by atoms with Gasteiger partial charge in [-0.2, -0.15) is 0 Å². The first-order valence-electron chi connectivity index (χ1n) is 10.2. The summed E-state index contributed by atoms with van der Waals surface area (Å²) in [5.74, 6) is -0.0813. The summed E-state index contributed by atoms with van der Waals surface area (Å²) in [6, 6.07) is 5.60. The van der Waals surface area contributed by atoms with Crippen molar-refractivity contribution in [1.29, 1.82) is 0 Å². The van der Waals surface area contributed by atoms with Crippen LogP contribution < -0.4 is 10.6 Å². The molecule has 1 aromatic rings. The van der Waals surface area contributed by atoms with Crippen LogP contribution in [0.3, 0.4) is 0 Å². The molecule has 7 heteroatoms. The zero-order valence-electron chi connectivity index (χ0n) is 16.2. The first-order valence-corrected chi connectivity index (χ1v) is 10.2. The van der Waals surface area contributed by atoms with Crippen LogP contribution in [0.15, 0.2) is 24.3 Å². The number of hydrogen-bond donors (Lipinski definition) is 3. The van der Waals surface area contributed by atoms with Crippen LogP contribution in [0.5, 0.6) is 5.75 Å². The monoisotopic (exact) mass is 387 g/mol. The molecule has 152 valence electrons. The molecule has 0 spiro atoms. The van der Waals surface area contributed by atoms with Crippen molar-refractivity contribution in [2.24, 2.45) is 5.92 Å². The fourth-order valence-corrected chi connectivity index (χ4v) is 4.08. The molecule has 3 amide bonds. The largest absolute Gasteiger partial charge is 0.508 e. The summed E-state index contributed by atoms with van der Waals surface area (Å²) in [6.45, 7) is 1.27.